The molecule has 178 valence electrons. The number of hydrogen-bond donors (Lipinski definition) is 2. The highest BCUT2D eigenvalue weighted by atomic mass is 16.5. The number of carboxylic acids is 1. The zero-order valence-corrected chi connectivity index (χ0v) is 19.4. The van der Waals surface area contributed by atoms with Gasteiger partial charge in [0.25, 0.3) is 0 Å². The van der Waals surface area contributed by atoms with Crippen LogP contribution in [0.1, 0.15) is 37.3 Å². The summed E-state index contributed by atoms with van der Waals surface area (Å²) < 4.78 is 5.64. The van der Waals surface area contributed by atoms with E-state index in [-0.39, 0.29) is 42.1 Å². The Labute approximate surface area is 199 Å². The van der Waals surface area contributed by atoms with Gasteiger partial charge in [-0.25, -0.2) is 4.79 Å². The first-order valence-electron chi connectivity index (χ1n) is 12.0. The average molecular weight is 463 g/mol. The molecule has 5 rings (SSSR count). The molecule has 1 saturated heterocycles. The number of benzene rings is 2. The fraction of sp³-hybridized carbons (Fsp3) is 0.444. The van der Waals surface area contributed by atoms with E-state index in [1.165, 1.54) is 0 Å². The number of rotatable bonds is 6. The Kier molecular flexibility index (Phi) is 5.80. The van der Waals surface area contributed by atoms with Crippen LogP contribution in [0.15, 0.2) is 48.5 Å². The SMILES string of the molecule is CC(C)[C@H](NC(=O)OCC1c2ccccc2-c2ccccc21)C(=O)N1CC[C@@H]2C(C(=O)O)[C@@H]2C1. The van der Waals surface area contributed by atoms with Crippen LogP contribution in [0.5, 0.6) is 0 Å². The number of nitrogens with one attached hydrogen (secondary N) is 1. The number of aliphatic carboxylic acids is 1. The standard InChI is InChI=1S/C27H30N2O5/c1-15(2)24(25(30)29-12-11-20-21(13-29)23(20)26(31)32)28-27(33)34-14-22-18-9-5-3-7-16(18)17-8-4-6-10-19(17)22/h3-10,15,20-24H,11-14H2,1-2H3,(H,28,33)(H,31,32)/t20-,21+,23?,24-/m0/s1. The molecule has 0 bridgehead atoms. The molecule has 1 heterocycles. The third-order valence-corrected chi connectivity index (χ3v) is 7.64. The van der Waals surface area contributed by atoms with Gasteiger partial charge in [0, 0.05) is 19.0 Å². The maximum Gasteiger partial charge on any atom is 0.407 e. The number of alkyl carbamates (subject to hydrolysis) is 1. The van der Waals surface area contributed by atoms with E-state index in [4.69, 9.17) is 4.74 Å². The normalized spacial score (nSPS) is 23.5. The van der Waals surface area contributed by atoms with E-state index in [9.17, 15) is 19.5 Å². The van der Waals surface area contributed by atoms with Crippen LogP contribution in [0.25, 0.3) is 11.1 Å². The molecule has 1 saturated carbocycles. The van der Waals surface area contributed by atoms with Crippen LogP contribution in [0.2, 0.25) is 0 Å². The molecule has 0 radical (unpaired) electrons. The first-order valence-corrected chi connectivity index (χ1v) is 12.0. The summed E-state index contributed by atoms with van der Waals surface area (Å²) in [5.41, 5.74) is 4.58. The molecule has 4 atom stereocenters. The minimum Gasteiger partial charge on any atom is -0.481 e. The highest BCUT2D eigenvalue weighted by molar-refractivity contribution is 5.86. The van der Waals surface area contributed by atoms with E-state index in [1.807, 2.05) is 38.1 Å². The molecule has 2 aromatic rings. The molecule has 7 nitrogen and oxygen atoms in total. The number of carboxylic acid groups (broad SMARTS) is 1. The van der Waals surface area contributed by atoms with Crippen LogP contribution in [0.4, 0.5) is 4.79 Å². The molecule has 1 unspecified atom stereocenters. The summed E-state index contributed by atoms with van der Waals surface area (Å²) in [6, 6.07) is 15.6. The number of piperidine rings is 1. The van der Waals surface area contributed by atoms with E-state index >= 15 is 0 Å². The van der Waals surface area contributed by atoms with Gasteiger partial charge in [-0.3, -0.25) is 9.59 Å². The number of hydrogen-bond acceptors (Lipinski definition) is 4. The van der Waals surface area contributed by atoms with Gasteiger partial charge in [-0.1, -0.05) is 62.4 Å². The maximum absolute atomic E-state index is 13.2. The summed E-state index contributed by atoms with van der Waals surface area (Å²) in [5.74, 6) is -1.26. The lowest BCUT2D eigenvalue weighted by molar-refractivity contribution is -0.139. The fourth-order valence-corrected chi connectivity index (χ4v) is 5.78. The van der Waals surface area contributed by atoms with Crippen molar-refractivity contribution in [3.63, 3.8) is 0 Å². The number of ether oxygens (including phenoxy) is 1. The quantitative estimate of drug-likeness (QED) is 0.682. The Morgan fingerprint density at radius 2 is 1.65 bits per heavy atom. The van der Waals surface area contributed by atoms with Gasteiger partial charge in [0.1, 0.15) is 12.6 Å². The van der Waals surface area contributed by atoms with Crippen molar-refractivity contribution in [2.45, 2.75) is 32.2 Å². The zero-order valence-electron chi connectivity index (χ0n) is 19.4. The smallest absolute Gasteiger partial charge is 0.407 e. The fourth-order valence-electron chi connectivity index (χ4n) is 5.78. The minimum absolute atomic E-state index is 0.0254. The summed E-state index contributed by atoms with van der Waals surface area (Å²) in [4.78, 5) is 39.0. The van der Waals surface area contributed by atoms with Crippen molar-refractivity contribution in [2.24, 2.45) is 23.7 Å². The van der Waals surface area contributed by atoms with Crippen molar-refractivity contribution < 1.29 is 24.2 Å². The van der Waals surface area contributed by atoms with Crippen LogP contribution < -0.4 is 5.32 Å². The second kappa shape index (κ2) is 8.78. The molecule has 7 heteroatoms. The minimum atomic E-state index is -0.776. The number of nitrogens with zero attached hydrogens (tertiary/aromatic N) is 1. The lowest BCUT2D eigenvalue weighted by atomic mass is 9.98. The second-order valence-electron chi connectivity index (χ2n) is 9.96. The van der Waals surface area contributed by atoms with Crippen LogP contribution in [0.3, 0.4) is 0 Å². The van der Waals surface area contributed by atoms with Gasteiger partial charge < -0.3 is 20.1 Å². The molecular formula is C27H30N2O5. The highest BCUT2D eigenvalue weighted by Gasteiger charge is 2.57. The van der Waals surface area contributed by atoms with Crippen LogP contribution in [0, 0.1) is 23.7 Å². The van der Waals surface area contributed by atoms with E-state index in [1.54, 1.807) is 4.90 Å². The Morgan fingerprint density at radius 3 is 2.24 bits per heavy atom. The molecule has 1 aliphatic heterocycles. The van der Waals surface area contributed by atoms with Gasteiger partial charge >= 0.3 is 12.1 Å². The predicted molar refractivity (Wildman–Crippen MR) is 126 cm³/mol. The van der Waals surface area contributed by atoms with Crippen LogP contribution >= 0.6 is 0 Å². The first-order chi connectivity index (χ1) is 16.4. The summed E-state index contributed by atoms with van der Waals surface area (Å²) in [7, 11) is 0. The lowest BCUT2D eigenvalue weighted by Crippen LogP contribution is -2.52. The van der Waals surface area contributed by atoms with Crippen LogP contribution in [-0.4, -0.2) is 53.7 Å². The molecule has 2 amide bonds. The van der Waals surface area contributed by atoms with Gasteiger partial charge in [-0.15, -0.1) is 0 Å². The average Bonchev–Trinajstić information content (AvgIpc) is 3.48. The molecule has 2 fully saturated rings. The Morgan fingerprint density at radius 1 is 1.03 bits per heavy atom. The Balaban J connectivity index is 1.22. The highest BCUT2D eigenvalue weighted by Crippen LogP contribution is 2.51. The van der Waals surface area contributed by atoms with E-state index in [0.29, 0.717) is 19.5 Å². The van der Waals surface area contributed by atoms with Gasteiger partial charge in [0.15, 0.2) is 0 Å². The molecule has 2 N–H and O–H groups in total. The molecule has 0 aromatic heterocycles. The third kappa shape index (κ3) is 3.93. The monoisotopic (exact) mass is 462 g/mol. The predicted octanol–water partition coefficient (Wildman–Crippen LogP) is 3.73. The van der Waals surface area contributed by atoms with Crippen molar-refractivity contribution in [3.8, 4) is 11.1 Å². The van der Waals surface area contributed by atoms with Gasteiger partial charge in [0.2, 0.25) is 5.91 Å². The number of likely N-dealkylation sites (tertiary alicyclic amines) is 1. The summed E-state index contributed by atoms with van der Waals surface area (Å²) >= 11 is 0. The molecule has 2 aliphatic carbocycles. The lowest BCUT2D eigenvalue weighted by Gasteiger charge is -2.32. The maximum atomic E-state index is 13.2. The molecule has 3 aliphatic rings. The number of carbonyl (C=O) groups is 3. The molecular weight excluding hydrogens is 432 g/mol. The third-order valence-electron chi connectivity index (χ3n) is 7.64. The molecule has 34 heavy (non-hydrogen) atoms. The Hall–Kier alpha value is -3.35. The van der Waals surface area contributed by atoms with Crippen molar-refractivity contribution in [3.05, 3.63) is 59.7 Å². The van der Waals surface area contributed by atoms with E-state index < -0.39 is 18.1 Å². The number of carbonyl (C=O) groups excluding carboxylic acids is 2. The number of fused-ring (bicyclic) bond motifs is 4. The molecule has 0 spiro atoms. The van der Waals surface area contributed by atoms with E-state index in [2.05, 4.69) is 29.6 Å². The van der Waals surface area contributed by atoms with E-state index in [0.717, 1.165) is 22.3 Å². The van der Waals surface area contributed by atoms with Crippen molar-refractivity contribution in [1.82, 2.24) is 10.2 Å². The van der Waals surface area contributed by atoms with Gasteiger partial charge in [-0.05, 0) is 46.4 Å². The van der Waals surface area contributed by atoms with Crippen LogP contribution in [-0.2, 0) is 14.3 Å². The number of amides is 2. The zero-order chi connectivity index (χ0) is 24.0. The summed E-state index contributed by atoms with van der Waals surface area (Å²) in [6.07, 6.45) is 0.0852. The topological polar surface area (TPSA) is 95.9 Å². The van der Waals surface area contributed by atoms with Crippen molar-refractivity contribution in [2.75, 3.05) is 19.7 Å². The van der Waals surface area contributed by atoms with Crippen molar-refractivity contribution >= 4 is 18.0 Å². The largest absolute Gasteiger partial charge is 0.481 e. The second-order valence-corrected chi connectivity index (χ2v) is 9.96. The van der Waals surface area contributed by atoms with Crippen molar-refractivity contribution in [1.29, 1.82) is 0 Å². The molecule has 2 aromatic carbocycles. The Bertz CT molecular complexity index is 1080. The van der Waals surface area contributed by atoms with Gasteiger partial charge in [0.05, 0.1) is 5.92 Å². The first kappa shape index (κ1) is 22.4. The summed E-state index contributed by atoms with van der Waals surface area (Å²) in [5, 5.41) is 12.1. The van der Waals surface area contributed by atoms with Gasteiger partial charge in [-0.2, -0.15) is 0 Å². The summed E-state index contributed by atoms with van der Waals surface area (Å²) in [6.45, 7) is 4.93.